The van der Waals surface area contributed by atoms with Crippen molar-refractivity contribution in [2.45, 2.75) is 11.8 Å². The molecule has 0 amide bonds. The van der Waals surface area contributed by atoms with Crippen LogP contribution in [0.2, 0.25) is 0 Å². The number of hydrogen-bond donors (Lipinski definition) is 1. The quantitative estimate of drug-likeness (QED) is 0.743. The highest BCUT2D eigenvalue weighted by Gasteiger charge is 2.18. The highest BCUT2D eigenvalue weighted by Crippen LogP contribution is 2.22. The van der Waals surface area contributed by atoms with Crippen LogP contribution in [0.3, 0.4) is 0 Å². The van der Waals surface area contributed by atoms with Crippen LogP contribution in [-0.4, -0.2) is 35.0 Å². The first kappa shape index (κ1) is 16.8. The van der Waals surface area contributed by atoms with E-state index >= 15 is 0 Å². The summed E-state index contributed by atoms with van der Waals surface area (Å²) in [6, 6.07) is 4.81. The number of ether oxygens (including phenoxy) is 1. The van der Waals surface area contributed by atoms with Crippen molar-refractivity contribution in [3.8, 4) is 11.6 Å². The summed E-state index contributed by atoms with van der Waals surface area (Å²) in [6.07, 6.45) is 4.51. The van der Waals surface area contributed by atoms with E-state index in [4.69, 9.17) is 4.74 Å². The molecular weight excluding hydrogens is 349 g/mol. The van der Waals surface area contributed by atoms with Crippen LogP contribution in [0.25, 0.3) is 5.82 Å². The fraction of sp³-hybridized carbons (Fsp3) is 0.133. The number of rotatable bonds is 5. The number of hydrogen-bond acceptors (Lipinski definition) is 6. The molecule has 130 valence electrons. The molecule has 0 unspecified atom stereocenters. The average molecular weight is 363 g/mol. The first-order valence-electron chi connectivity index (χ1n) is 7.09. The highest BCUT2D eigenvalue weighted by atomic mass is 32.2. The van der Waals surface area contributed by atoms with Gasteiger partial charge in [0.2, 0.25) is 0 Å². The van der Waals surface area contributed by atoms with Gasteiger partial charge in [0.15, 0.2) is 11.6 Å². The molecule has 0 bridgehead atoms. The molecule has 0 aliphatic rings. The van der Waals surface area contributed by atoms with Gasteiger partial charge in [0.1, 0.15) is 23.8 Å². The molecule has 10 heteroatoms. The number of aryl methyl sites for hydroxylation is 1. The molecule has 2 aromatic heterocycles. The maximum Gasteiger partial charge on any atom is 0.263 e. The van der Waals surface area contributed by atoms with E-state index in [2.05, 4.69) is 19.7 Å². The lowest BCUT2D eigenvalue weighted by molar-refractivity contribution is 0.385. The third kappa shape index (κ3) is 3.43. The van der Waals surface area contributed by atoms with Crippen molar-refractivity contribution in [1.29, 1.82) is 0 Å². The molecule has 0 saturated heterocycles. The molecule has 1 aromatic carbocycles. The monoisotopic (exact) mass is 363 g/mol. The van der Waals surface area contributed by atoms with Crippen LogP contribution >= 0.6 is 0 Å². The molecule has 3 aromatic rings. The number of anilines is 1. The zero-order valence-corrected chi connectivity index (χ0v) is 14.2. The van der Waals surface area contributed by atoms with Gasteiger partial charge in [0, 0.05) is 18.5 Å². The number of halogens is 1. The summed E-state index contributed by atoms with van der Waals surface area (Å²) < 4.78 is 47.4. The predicted octanol–water partition coefficient (Wildman–Crippen LogP) is 1.92. The molecular formula is C15H14FN5O3S. The molecule has 1 N–H and O–H groups in total. The molecule has 0 fully saturated rings. The van der Waals surface area contributed by atoms with Gasteiger partial charge in [-0.15, -0.1) is 0 Å². The summed E-state index contributed by atoms with van der Waals surface area (Å²) in [4.78, 5) is 11.8. The van der Waals surface area contributed by atoms with Crippen LogP contribution in [0.1, 0.15) is 5.82 Å². The third-order valence-corrected chi connectivity index (χ3v) is 4.75. The van der Waals surface area contributed by atoms with Crippen molar-refractivity contribution in [3.63, 3.8) is 0 Å². The van der Waals surface area contributed by atoms with E-state index in [9.17, 15) is 12.8 Å². The SMILES string of the molecule is COc1ccc(S(=O)(=O)Nc2cc(-n3ccnc3C)ncn2)cc1F. The smallest absolute Gasteiger partial charge is 0.263 e. The summed E-state index contributed by atoms with van der Waals surface area (Å²) in [5, 5.41) is 0. The molecule has 0 aliphatic carbocycles. The van der Waals surface area contributed by atoms with Gasteiger partial charge < -0.3 is 4.74 Å². The Balaban J connectivity index is 1.91. The molecule has 8 nitrogen and oxygen atoms in total. The number of sulfonamides is 1. The second-order valence-corrected chi connectivity index (χ2v) is 6.69. The molecule has 0 spiro atoms. The second-order valence-electron chi connectivity index (χ2n) is 5.01. The molecule has 0 atom stereocenters. The van der Waals surface area contributed by atoms with Gasteiger partial charge in [-0.2, -0.15) is 0 Å². The summed E-state index contributed by atoms with van der Waals surface area (Å²) in [7, 11) is -2.72. The van der Waals surface area contributed by atoms with Gasteiger partial charge in [-0.1, -0.05) is 0 Å². The maximum absolute atomic E-state index is 13.8. The molecule has 0 saturated carbocycles. The first-order chi connectivity index (χ1) is 11.9. The van der Waals surface area contributed by atoms with Gasteiger partial charge in [-0.05, 0) is 25.1 Å². The topological polar surface area (TPSA) is 99.0 Å². The van der Waals surface area contributed by atoms with Crippen LogP contribution in [-0.2, 0) is 10.0 Å². The lowest BCUT2D eigenvalue weighted by Gasteiger charge is -2.10. The van der Waals surface area contributed by atoms with Gasteiger partial charge in [-0.25, -0.2) is 27.8 Å². The van der Waals surface area contributed by atoms with Crippen LogP contribution in [0, 0.1) is 12.7 Å². The Morgan fingerprint density at radius 1 is 1.20 bits per heavy atom. The summed E-state index contributed by atoms with van der Waals surface area (Å²) in [6.45, 7) is 1.78. The Bertz CT molecular complexity index is 1020. The Hall–Kier alpha value is -3.01. The molecule has 0 radical (unpaired) electrons. The standard InChI is InChI=1S/C15H14FN5O3S/c1-10-17-5-6-21(10)15-8-14(18-9-19-15)20-25(22,23)11-3-4-13(24-2)12(16)7-11/h3-9H,1-2H3,(H,18,19,20). The zero-order valence-electron chi connectivity index (χ0n) is 13.3. The number of methoxy groups -OCH3 is 1. The van der Waals surface area contributed by atoms with Crippen LogP contribution in [0.5, 0.6) is 5.75 Å². The highest BCUT2D eigenvalue weighted by molar-refractivity contribution is 7.92. The minimum absolute atomic E-state index is 0.0427. The number of aromatic nitrogens is 4. The van der Waals surface area contributed by atoms with Crippen molar-refractivity contribution < 1.29 is 17.5 Å². The molecule has 3 rings (SSSR count). The lowest BCUT2D eigenvalue weighted by Crippen LogP contribution is -2.15. The number of benzene rings is 1. The predicted molar refractivity (Wildman–Crippen MR) is 87.7 cm³/mol. The van der Waals surface area contributed by atoms with E-state index in [1.807, 2.05) is 0 Å². The summed E-state index contributed by atoms with van der Waals surface area (Å²) in [5.41, 5.74) is 0. The van der Waals surface area contributed by atoms with Crippen LogP contribution < -0.4 is 9.46 Å². The van der Waals surface area contributed by atoms with Crippen LogP contribution in [0.4, 0.5) is 10.2 Å². The van der Waals surface area contributed by atoms with Gasteiger partial charge in [0.05, 0.1) is 12.0 Å². The summed E-state index contributed by atoms with van der Waals surface area (Å²) >= 11 is 0. The normalized spacial score (nSPS) is 11.3. The fourth-order valence-electron chi connectivity index (χ4n) is 2.17. The van der Waals surface area contributed by atoms with Gasteiger partial charge >= 0.3 is 0 Å². The van der Waals surface area contributed by atoms with E-state index < -0.39 is 15.8 Å². The van der Waals surface area contributed by atoms with Crippen molar-refractivity contribution in [2.24, 2.45) is 0 Å². The fourth-order valence-corrected chi connectivity index (χ4v) is 3.18. The van der Waals surface area contributed by atoms with Crippen LogP contribution in [0.15, 0.2) is 47.9 Å². The zero-order chi connectivity index (χ0) is 18.0. The van der Waals surface area contributed by atoms with E-state index in [1.54, 1.807) is 23.9 Å². The van der Waals surface area contributed by atoms with Crippen molar-refractivity contribution in [1.82, 2.24) is 19.5 Å². The molecule has 0 aliphatic heterocycles. The van der Waals surface area contributed by atoms with E-state index in [-0.39, 0.29) is 16.5 Å². The molecule has 25 heavy (non-hydrogen) atoms. The Morgan fingerprint density at radius 3 is 2.64 bits per heavy atom. The van der Waals surface area contributed by atoms with E-state index in [0.29, 0.717) is 11.6 Å². The number of imidazole rings is 1. The lowest BCUT2D eigenvalue weighted by atomic mass is 10.3. The minimum Gasteiger partial charge on any atom is -0.494 e. The second kappa shape index (κ2) is 6.48. The Labute approximate surface area is 143 Å². The average Bonchev–Trinajstić information content (AvgIpc) is 3.00. The number of nitrogens with one attached hydrogen (secondary N) is 1. The first-order valence-corrected chi connectivity index (χ1v) is 8.58. The maximum atomic E-state index is 13.8. The largest absolute Gasteiger partial charge is 0.494 e. The van der Waals surface area contributed by atoms with Gasteiger partial charge in [-0.3, -0.25) is 9.29 Å². The minimum atomic E-state index is -4.02. The number of nitrogens with zero attached hydrogens (tertiary/aromatic N) is 4. The third-order valence-electron chi connectivity index (χ3n) is 3.40. The Kier molecular flexibility index (Phi) is 4.36. The van der Waals surface area contributed by atoms with Gasteiger partial charge in [0.25, 0.3) is 10.0 Å². The molecule has 2 heterocycles. The van der Waals surface area contributed by atoms with Crippen molar-refractivity contribution in [2.75, 3.05) is 11.8 Å². The van der Waals surface area contributed by atoms with E-state index in [0.717, 1.165) is 6.07 Å². The van der Waals surface area contributed by atoms with Crippen molar-refractivity contribution >= 4 is 15.8 Å². The van der Waals surface area contributed by atoms with Crippen molar-refractivity contribution in [3.05, 3.63) is 54.6 Å². The van der Waals surface area contributed by atoms with E-state index in [1.165, 1.54) is 31.6 Å². The Morgan fingerprint density at radius 2 is 2.00 bits per heavy atom. The summed E-state index contributed by atoms with van der Waals surface area (Å²) in [5.74, 6) is 0.365.